The first-order valence-electron chi connectivity index (χ1n) is 8.02. The summed E-state index contributed by atoms with van der Waals surface area (Å²) in [6.07, 6.45) is 4.56. The summed E-state index contributed by atoms with van der Waals surface area (Å²) in [4.78, 5) is 13.9. The Morgan fingerprint density at radius 3 is 2.81 bits per heavy atom. The van der Waals surface area contributed by atoms with Crippen LogP contribution in [0.4, 0.5) is 8.78 Å². The Labute approximate surface area is 155 Å². The molecule has 0 radical (unpaired) electrons. The minimum atomic E-state index is -2.96. The number of amides is 1. The fraction of sp³-hybridized carbons (Fsp3) is 0.263. The van der Waals surface area contributed by atoms with Crippen LogP contribution in [0.2, 0.25) is 0 Å². The second-order valence-electron chi connectivity index (χ2n) is 5.37. The molecule has 1 amide bonds. The number of hydrogen-bond donors (Lipinski definition) is 0. The lowest BCUT2D eigenvalue weighted by Crippen LogP contribution is -2.29. The van der Waals surface area contributed by atoms with Crippen molar-refractivity contribution in [1.82, 2.24) is 4.90 Å². The maximum atomic E-state index is 12.4. The van der Waals surface area contributed by atoms with Gasteiger partial charge in [0.05, 0.1) is 32.4 Å². The molecule has 0 saturated carbocycles. The number of rotatable bonds is 9. The summed E-state index contributed by atoms with van der Waals surface area (Å²) in [7, 11) is 1.33. The molecule has 0 saturated heterocycles. The maximum absolute atomic E-state index is 12.4. The molecule has 1 aromatic carbocycles. The molecule has 27 heavy (non-hydrogen) atoms. The first-order valence-corrected chi connectivity index (χ1v) is 8.02. The molecule has 8 heteroatoms. The van der Waals surface area contributed by atoms with Crippen molar-refractivity contribution >= 4 is 12.0 Å². The smallest absolute Gasteiger partial charge is 0.387 e. The Morgan fingerprint density at radius 2 is 2.19 bits per heavy atom. The van der Waals surface area contributed by atoms with Crippen LogP contribution in [0.3, 0.4) is 0 Å². The summed E-state index contributed by atoms with van der Waals surface area (Å²) in [6, 6.07) is 9.80. The van der Waals surface area contributed by atoms with Crippen LogP contribution in [0, 0.1) is 11.3 Å². The Hall–Kier alpha value is -3.34. The molecule has 0 fully saturated rings. The number of carbonyl (C=O) groups is 1. The van der Waals surface area contributed by atoms with E-state index in [2.05, 4.69) is 4.74 Å². The second-order valence-corrected chi connectivity index (χ2v) is 5.37. The molecule has 0 aliphatic rings. The zero-order valence-electron chi connectivity index (χ0n) is 14.6. The lowest BCUT2D eigenvalue weighted by molar-refractivity contribution is -0.126. The third-order valence-electron chi connectivity index (χ3n) is 3.55. The third kappa shape index (κ3) is 6.15. The molecule has 1 aromatic heterocycles. The van der Waals surface area contributed by atoms with E-state index in [9.17, 15) is 13.6 Å². The SMILES string of the molecule is COc1cc(/C=C/C(=O)N(CCC#N)Cc2ccco2)ccc1OC(F)F. The Morgan fingerprint density at radius 1 is 1.37 bits per heavy atom. The van der Waals surface area contributed by atoms with Crippen LogP contribution in [0.5, 0.6) is 11.5 Å². The molecule has 2 aromatic rings. The third-order valence-corrected chi connectivity index (χ3v) is 3.55. The van der Waals surface area contributed by atoms with Gasteiger partial charge in [0.15, 0.2) is 11.5 Å². The van der Waals surface area contributed by atoms with Crippen LogP contribution in [0.1, 0.15) is 17.7 Å². The molecule has 0 N–H and O–H groups in total. The summed E-state index contributed by atoms with van der Waals surface area (Å²) in [5.74, 6) is 0.324. The van der Waals surface area contributed by atoms with E-state index in [-0.39, 0.29) is 36.9 Å². The minimum absolute atomic E-state index is 0.0931. The number of methoxy groups -OCH3 is 1. The quantitative estimate of drug-likeness (QED) is 0.622. The van der Waals surface area contributed by atoms with Crippen LogP contribution in [-0.4, -0.2) is 31.1 Å². The minimum Gasteiger partial charge on any atom is -0.493 e. The van der Waals surface area contributed by atoms with E-state index in [1.807, 2.05) is 6.07 Å². The molecule has 0 aliphatic heterocycles. The molecule has 2 rings (SSSR count). The van der Waals surface area contributed by atoms with Gasteiger partial charge in [0, 0.05) is 12.6 Å². The van der Waals surface area contributed by atoms with Crippen LogP contribution in [0.25, 0.3) is 6.08 Å². The van der Waals surface area contributed by atoms with Crippen molar-refractivity contribution in [1.29, 1.82) is 5.26 Å². The van der Waals surface area contributed by atoms with Crippen molar-refractivity contribution in [2.75, 3.05) is 13.7 Å². The fourth-order valence-corrected chi connectivity index (χ4v) is 2.30. The van der Waals surface area contributed by atoms with Gasteiger partial charge in [0.2, 0.25) is 5.91 Å². The highest BCUT2D eigenvalue weighted by molar-refractivity contribution is 5.91. The number of nitriles is 1. The highest BCUT2D eigenvalue weighted by Gasteiger charge is 2.13. The Balaban J connectivity index is 2.11. The van der Waals surface area contributed by atoms with Gasteiger partial charge in [-0.2, -0.15) is 14.0 Å². The van der Waals surface area contributed by atoms with E-state index < -0.39 is 6.61 Å². The van der Waals surface area contributed by atoms with Gasteiger partial charge in [-0.25, -0.2) is 0 Å². The summed E-state index contributed by atoms with van der Waals surface area (Å²) >= 11 is 0. The van der Waals surface area contributed by atoms with Crippen molar-refractivity contribution < 1.29 is 27.5 Å². The molecule has 0 atom stereocenters. The van der Waals surface area contributed by atoms with Crippen molar-refractivity contribution in [2.24, 2.45) is 0 Å². The van der Waals surface area contributed by atoms with Crippen molar-refractivity contribution in [3.05, 3.63) is 54.0 Å². The monoisotopic (exact) mass is 376 g/mol. The molecule has 0 unspecified atom stereocenters. The molecule has 0 aliphatic carbocycles. The van der Waals surface area contributed by atoms with Gasteiger partial charge in [0.25, 0.3) is 0 Å². The van der Waals surface area contributed by atoms with Gasteiger partial charge in [0.1, 0.15) is 5.76 Å². The lowest BCUT2D eigenvalue weighted by Gasteiger charge is -2.18. The number of halogens is 2. The van der Waals surface area contributed by atoms with E-state index in [0.29, 0.717) is 11.3 Å². The molecule has 0 spiro atoms. The zero-order valence-corrected chi connectivity index (χ0v) is 14.6. The van der Waals surface area contributed by atoms with E-state index in [0.717, 1.165) is 0 Å². The average Bonchev–Trinajstić information content (AvgIpc) is 3.16. The maximum Gasteiger partial charge on any atom is 0.387 e. The predicted octanol–water partition coefficient (Wildman–Crippen LogP) is 3.85. The van der Waals surface area contributed by atoms with E-state index in [4.69, 9.17) is 14.4 Å². The normalized spacial score (nSPS) is 10.8. The number of hydrogen-bond acceptors (Lipinski definition) is 5. The van der Waals surface area contributed by atoms with Gasteiger partial charge in [-0.3, -0.25) is 4.79 Å². The summed E-state index contributed by atoms with van der Waals surface area (Å²) < 4.78 is 39.4. The van der Waals surface area contributed by atoms with Crippen LogP contribution < -0.4 is 9.47 Å². The van der Waals surface area contributed by atoms with Crippen LogP contribution >= 0.6 is 0 Å². The number of nitrogens with zero attached hydrogens (tertiary/aromatic N) is 2. The number of alkyl halides is 2. The number of carbonyl (C=O) groups excluding carboxylic acids is 1. The van der Waals surface area contributed by atoms with E-state index in [1.54, 1.807) is 12.1 Å². The van der Waals surface area contributed by atoms with Gasteiger partial charge in [-0.15, -0.1) is 0 Å². The predicted molar refractivity (Wildman–Crippen MR) is 93.0 cm³/mol. The Bertz CT molecular complexity index is 814. The van der Waals surface area contributed by atoms with Crippen LogP contribution in [-0.2, 0) is 11.3 Å². The lowest BCUT2D eigenvalue weighted by atomic mass is 10.2. The van der Waals surface area contributed by atoms with E-state index in [1.165, 1.54) is 48.6 Å². The second kappa shape index (κ2) is 9.97. The van der Waals surface area contributed by atoms with Crippen LogP contribution in [0.15, 0.2) is 47.1 Å². The molecule has 0 bridgehead atoms. The first-order chi connectivity index (χ1) is 13.0. The van der Waals surface area contributed by atoms with Gasteiger partial charge in [-0.05, 0) is 35.9 Å². The molecular weight excluding hydrogens is 358 g/mol. The largest absolute Gasteiger partial charge is 0.493 e. The standard InChI is InChI=1S/C19H18F2N2O4/c1-25-17-12-14(5-7-16(17)27-19(20)21)6-8-18(24)23(10-3-9-22)13-15-4-2-11-26-15/h2,4-8,11-12,19H,3,10,13H2,1H3/b8-6+. The summed E-state index contributed by atoms with van der Waals surface area (Å²) in [5, 5.41) is 8.77. The van der Waals surface area contributed by atoms with Gasteiger partial charge in [-0.1, -0.05) is 6.07 Å². The topological polar surface area (TPSA) is 75.7 Å². The summed E-state index contributed by atoms with van der Waals surface area (Å²) in [6.45, 7) is -2.47. The molecule has 142 valence electrons. The highest BCUT2D eigenvalue weighted by Crippen LogP contribution is 2.29. The molecular formula is C19H18F2N2O4. The Kier molecular flexibility index (Phi) is 7.37. The van der Waals surface area contributed by atoms with Gasteiger partial charge < -0.3 is 18.8 Å². The van der Waals surface area contributed by atoms with Crippen molar-refractivity contribution in [3.63, 3.8) is 0 Å². The summed E-state index contributed by atoms with van der Waals surface area (Å²) in [5.41, 5.74) is 0.569. The highest BCUT2D eigenvalue weighted by atomic mass is 19.3. The molecule has 6 nitrogen and oxygen atoms in total. The number of ether oxygens (including phenoxy) is 2. The molecule has 1 heterocycles. The van der Waals surface area contributed by atoms with Crippen molar-refractivity contribution in [2.45, 2.75) is 19.6 Å². The van der Waals surface area contributed by atoms with Crippen molar-refractivity contribution in [3.8, 4) is 17.6 Å². The average molecular weight is 376 g/mol. The van der Waals surface area contributed by atoms with Gasteiger partial charge >= 0.3 is 6.61 Å². The first kappa shape index (κ1) is 20.0. The fourth-order valence-electron chi connectivity index (χ4n) is 2.30. The number of benzene rings is 1. The number of furan rings is 1. The zero-order chi connectivity index (χ0) is 19.6. The van der Waals surface area contributed by atoms with E-state index >= 15 is 0 Å².